The SMILES string of the molecule is O=C(O)[C@H](Cc1ccc(O)cc1)NCC(F)(F)F. The van der Waals surface area contributed by atoms with Gasteiger partial charge >= 0.3 is 12.1 Å². The molecule has 0 heterocycles. The molecule has 1 aromatic rings. The molecule has 0 spiro atoms. The van der Waals surface area contributed by atoms with E-state index in [0.717, 1.165) is 0 Å². The minimum absolute atomic E-state index is 0.00822. The van der Waals surface area contributed by atoms with Crippen molar-refractivity contribution in [3.63, 3.8) is 0 Å². The van der Waals surface area contributed by atoms with E-state index >= 15 is 0 Å². The van der Waals surface area contributed by atoms with Gasteiger partial charge in [0.2, 0.25) is 0 Å². The van der Waals surface area contributed by atoms with Gasteiger partial charge in [0.05, 0.1) is 6.54 Å². The summed E-state index contributed by atoms with van der Waals surface area (Å²) in [6, 6.07) is 4.29. The zero-order chi connectivity index (χ0) is 13.8. The number of phenolic OH excluding ortho intramolecular Hbond substituents is 1. The zero-order valence-electron chi connectivity index (χ0n) is 9.24. The molecular weight excluding hydrogens is 251 g/mol. The summed E-state index contributed by atoms with van der Waals surface area (Å²) in [4.78, 5) is 10.8. The Morgan fingerprint density at radius 1 is 1.28 bits per heavy atom. The van der Waals surface area contributed by atoms with Crippen molar-refractivity contribution >= 4 is 5.97 Å². The molecule has 0 radical (unpaired) electrons. The molecule has 0 saturated carbocycles. The monoisotopic (exact) mass is 263 g/mol. The molecule has 0 unspecified atom stereocenters. The Labute approximate surface area is 101 Å². The molecular formula is C11H12F3NO3. The van der Waals surface area contributed by atoms with Crippen LogP contribution in [0.5, 0.6) is 5.75 Å². The number of carboxylic acids is 1. The Hall–Kier alpha value is -1.76. The highest BCUT2D eigenvalue weighted by Gasteiger charge is 2.30. The van der Waals surface area contributed by atoms with Gasteiger partial charge in [0, 0.05) is 0 Å². The molecule has 0 amide bonds. The van der Waals surface area contributed by atoms with E-state index in [9.17, 15) is 18.0 Å². The van der Waals surface area contributed by atoms with Gasteiger partial charge in [0.1, 0.15) is 11.8 Å². The molecule has 0 fully saturated rings. The maximum absolute atomic E-state index is 12.0. The van der Waals surface area contributed by atoms with Gasteiger partial charge in [-0.2, -0.15) is 13.2 Å². The lowest BCUT2D eigenvalue weighted by molar-refractivity contribution is -0.143. The third-order valence-corrected chi connectivity index (χ3v) is 2.22. The smallest absolute Gasteiger partial charge is 0.401 e. The first kappa shape index (κ1) is 14.3. The average Bonchev–Trinajstić information content (AvgIpc) is 2.25. The summed E-state index contributed by atoms with van der Waals surface area (Å²) in [6.07, 6.45) is -4.55. The molecule has 0 bridgehead atoms. The third-order valence-electron chi connectivity index (χ3n) is 2.22. The predicted octanol–water partition coefficient (Wildman–Crippen LogP) is 1.54. The summed E-state index contributed by atoms with van der Waals surface area (Å²) >= 11 is 0. The Bertz CT molecular complexity index is 403. The predicted molar refractivity (Wildman–Crippen MR) is 57.3 cm³/mol. The van der Waals surface area contributed by atoms with Crippen LogP contribution in [-0.2, 0) is 11.2 Å². The van der Waals surface area contributed by atoms with Gasteiger partial charge in [-0.05, 0) is 24.1 Å². The highest BCUT2D eigenvalue weighted by atomic mass is 19.4. The van der Waals surface area contributed by atoms with Crippen LogP contribution in [-0.4, -0.2) is 34.9 Å². The number of carboxylic acid groups (broad SMARTS) is 1. The lowest BCUT2D eigenvalue weighted by Crippen LogP contribution is -2.43. The number of halogens is 3. The number of hydrogen-bond donors (Lipinski definition) is 3. The van der Waals surface area contributed by atoms with Gasteiger partial charge < -0.3 is 10.2 Å². The fraction of sp³-hybridized carbons (Fsp3) is 0.364. The summed E-state index contributed by atoms with van der Waals surface area (Å²) in [5, 5.41) is 19.8. The third kappa shape index (κ3) is 5.05. The summed E-state index contributed by atoms with van der Waals surface area (Å²) in [6.45, 7) is -1.36. The molecule has 100 valence electrons. The second-order valence-electron chi connectivity index (χ2n) is 3.76. The maximum atomic E-state index is 12.0. The average molecular weight is 263 g/mol. The summed E-state index contributed by atoms with van der Waals surface area (Å²) in [5.41, 5.74) is 0.523. The van der Waals surface area contributed by atoms with Crippen LogP contribution in [0.25, 0.3) is 0 Å². The van der Waals surface area contributed by atoms with Crippen molar-refractivity contribution in [3.05, 3.63) is 29.8 Å². The van der Waals surface area contributed by atoms with Crippen molar-refractivity contribution in [2.24, 2.45) is 0 Å². The standard InChI is InChI=1S/C11H12F3NO3/c12-11(13,14)6-15-9(10(17)18)5-7-1-3-8(16)4-2-7/h1-4,9,15-16H,5-6H2,(H,17,18)/t9-/m0/s1. The van der Waals surface area contributed by atoms with Gasteiger partial charge in [0.25, 0.3) is 0 Å². The van der Waals surface area contributed by atoms with Crippen LogP contribution in [0.15, 0.2) is 24.3 Å². The Morgan fingerprint density at radius 2 is 1.83 bits per heavy atom. The second-order valence-corrected chi connectivity index (χ2v) is 3.76. The second kappa shape index (κ2) is 5.72. The van der Waals surface area contributed by atoms with Crippen LogP contribution in [0.4, 0.5) is 13.2 Å². The minimum Gasteiger partial charge on any atom is -0.508 e. The quantitative estimate of drug-likeness (QED) is 0.753. The van der Waals surface area contributed by atoms with Crippen LogP contribution in [0.2, 0.25) is 0 Å². The number of phenols is 1. The highest BCUT2D eigenvalue weighted by Crippen LogP contribution is 2.14. The minimum atomic E-state index is -4.46. The molecule has 0 saturated heterocycles. The van der Waals surface area contributed by atoms with Crippen molar-refractivity contribution in [1.29, 1.82) is 0 Å². The molecule has 18 heavy (non-hydrogen) atoms. The van der Waals surface area contributed by atoms with Crippen molar-refractivity contribution < 1.29 is 28.2 Å². The number of carbonyl (C=O) groups is 1. The van der Waals surface area contributed by atoms with Gasteiger partial charge in [-0.3, -0.25) is 10.1 Å². The van der Waals surface area contributed by atoms with Crippen molar-refractivity contribution in [2.75, 3.05) is 6.54 Å². The molecule has 3 N–H and O–H groups in total. The van der Waals surface area contributed by atoms with Gasteiger partial charge in [-0.1, -0.05) is 12.1 Å². The Balaban J connectivity index is 2.63. The molecule has 0 aliphatic carbocycles. The highest BCUT2D eigenvalue weighted by molar-refractivity contribution is 5.73. The fourth-order valence-corrected chi connectivity index (χ4v) is 1.35. The van der Waals surface area contributed by atoms with Gasteiger partial charge in [-0.15, -0.1) is 0 Å². The van der Waals surface area contributed by atoms with Crippen LogP contribution >= 0.6 is 0 Å². The number of hydrogen-bond acceptors (Lipinski definition) is 3. The number of alkyl halides is 3. The van der Waals surface area contributed by atoms with E-state index in [-0.39, 0.29) is 12.2 Å². The largest absolute Gasteiger partial charge is 0.508 e. The van der Waals surface area contributed by atoms with Crippen LogP contribution < -0.4 is 5.32 Å². The molecule has 4 nitrogen and oxygen atoms in total. The molecule has 1 aromatic carbocycles. The first-order valence-electron chi connectivity index (χ1n) is 5.09. The van der Waals surface area contributed by atoms with Crippen molar-refractivity contribution in [1.82, 2.24) is 5.32 Å². The van der Waals surface area contributed by atoms with Crippen LogP contribution in [0.3, 0.4) is 0 Å². The summed E-state index contributed by atoms with van der Waals surface area (Å²) in [5.74, 6) is -1.35. The number of rotatable bonds is 5. The first-order valence-corrected chi connectivity index (χ1v) is 5.09. The lowest BCUT2D eigenvalue weighted by atomic mass is 10.1. The zero-order valence-corrected chi connectivity index (χ0v) is 9.24. The lowest BCUT2D eigenvalue weighted by Gasteiger charge is -2.15. The molecule has 0 aliphatic heterocycles. The van der Waals surface area contributed by atoms with Crippen LogP contribution in [0, 0.1) is 0 Å². The molecule has 0 aromatic heterocycles. The summed E-state index contributed by atoms with van der Waals surface area (Å²) in [7, 11) is 0. The number of aromatic hydroxyl groups is 1. The van der Waals surface area contributed by atoms with E-state index < -0.39 is 24.7 Å². The maximum Gasteiger partial charge on any atom is 0.401 e. The molecule has 1 rings (SSSR count). The number of aliphatic carboxylic acids is 1. The number of benzene rings is 1. The van der Waals surface area contributed by atoms with Gasteiger partial charge in [-0.25, -0.2) is 0 Å². The molecule has 7 heteroatoms. The molecule has 0 aliphatic rings. The van der Waals surface area contributed by atoms with E-state index in [0.29, 0.717) is 5.56 Å². The number of nitrogens with one attached hydrogen (secondary N) is 1. The first-order chi connectivity index (χ1) is 8.28. The topological polar surface area (TPSA) is 69.6 Å². The summed E-state index contributed by atoms with van der Waals surface area (Å²) < 4.78 is 35.9. The Morgan fingerprint density at radius 3 is 2.28 bits per heavy atom. The van der Waals surface area contributed by atoms with E-state index in [4.69, 9.17) is 10.2 Å². The Kier molecular flexibility index (Phi) is 4.55. The van der Waals surface area contributed by atoms with E-state index in [1.165, 1.54) is 24.3 Å². The van der Waals surface area contributed by atoms with Crippen molar-refractivity contribution in [2.45, 2.75) is 18.6 Å². The fourth-order valence-electron chi connectivity index (χ4n) is 1.35. The van der Waals surface area contributed by atoms with E-state index in [2.05, 4.69) is 0 Å². The molecule has 1 atom stereocenters. The van der Waals surface area contributed by atoms with E-state index in [1.54, 1.807) is 0 Å². The van der Waals surface area contributed by atoms with E-state index in [1.807, 2.05) is 5.32 Å². The van der Waals surface area contributed by atoms with Gasteiger partial charge in [0.15, 0.2) is 0 Å². The van der Waals surface area contributed by atoms with Crippen LogP contribution in [0.1, 0.15) is 5.56 Å². The van der Waals surface area contributed by atoms with Crippen molar-refractivity contribution in [3.8, 4) is 5.75 Å². The normalized spacial score (nSPS) is 13.3.